The molecule has 110 valence electrons. The Morgan fingerprint density at radius 3 is 2.67 bits per heavy atom. The first-order valence-corrected chi connectivity index (χ1v) is 6.85. The molecule has 1 aromatic carbocycles. The number of aryl methyl sites for hydroxylation is 2. The second-order valence-electron chi connectivity index (χ2n) is 4.95. The first-order valence-electron chi connectivity index (χ1n) is 6.85. The van der Waals surface area contributed by atoms with Crippen LogP contribution in [0.4, 0.5) is 0 Å². The largest absolute Gasteiger partial charge is 0.489 e. The van der Waals surface area contributed by atoms with Crippen LogP contribution in [0.1, 0.15) is 28.7 Å². The van der Waals surface area contributed by atoms with Gasteiger partial charge in [-0.15, -0.1) is 0 Å². The van der Waals surface area contributed by atoms with Crippen LogP contribution < -0.4 is 10.1 Å². The lowest BCUT2D eigenvalue weighted by molar-refractivity contribution is 0.0926. The quantitative estimate of drug-likeness (QED) is 0.915. The molecule has 0 aliphatic rings. The van der Waals surface area contributed by atoms with E-state index in [1.807, 2.05) is 45.0 Å². The van der Waals surface area contributed by atoms with Crippen LogP contribution in [0.2, 0.25) is 0 Å². The number of hydrogen-bond acceptors (Lipinski definition) is 4. The minimum atomic E-state index is -0.247. The molecule has 0 radical (unpaired) electrons. The van der Waals surface area contributed by atoms with Gasteiger partial charge in [-0.3, -0.25) is 9.78 Å². The van der Waals surface area contributed by atoms with E-state index in [9.17, 15) is 4.79 Å². The highest BCUT2D eigenvalue weighted by Gasteiger charge is 2.11. The van der Waals surface area contributed by atoms with Crippen molar-refractivity contribution in [2.24, 2.45) is 0 Å². The van der Waals surface area contributed by atoms with Crippen molar-refractivity contribution in [2.75, 3.05) is 6.54 Å². The molecule has 0 saturated carbocycles. The third-order valence-electron chi connectivity index (χ3n) is 2.99. The second kappa shape index (κ2) is 6.83. The summed E-state index contributed by atoms with van der Waals surface area (Å²) in [5.41, 5.74) is 2.16. The minimum Gasteiger partial charge on any atom is -0.489 e. The molecular formula is C16H19N3O2. The molecule has 0 bridgehead atoms. The van der Waals surface area contributed by atoms with Crippen LogP contribution >= 0.6 is 0 Å². The van der Waals surface area contributed by atoms with Crippen molar-refractivity contribution in [1.29, 1.82) is 0 Å². The molecule has 21 heavy (non-hydrogen) atoms. The van der Waals surface area contributed by atoms with Crippen molar-refractivity contribution < 1.29 is 9.53 Å². The second-order valence-corrected chi connectivity index (χ2v) is 4.95. The average molecular weight is 285 g/mol. The predicted octanol–water partition coefficient (Wildman–Crippen LogP) is 2.29. The molecular weight excluding hydrogens is 266 g/mol. The highest BCUT2D eigenvalue weighted by Crippen LogP contribution is 2.17. The Morgan fingerprint density at radius 1 is 1.24 bits per heavy atom. The van der Waals surface area contributed by atoms with Gasteiger partial charge in [0.2, 0.25) is 0 Å². The molecule has 1 atom stereocenters. The third kappa shape index (κ3) is 4.27. The Balaban J connectivity index is 1.86. The zero-order valence-electron chi connectivity index (χ0n) is 12.5. The molecule has 0 spiro atoms. The summed E-state index contributed by atoms with van der Waals surface area (Å²) in [5, 5.41) is 2.79. The summed E-state index contributed by atoms with van der Waals surface area (Å²) in [6, 6.07) is 7.79. The molecule has 1 N–H and O–H groups in total. The SMILES string of the molecule is Cc1cnc(C(=O)NC[C@@H](C)Oc2ccccc2C)cn1. The molecule has 0 unspecified atom stereocenters. The number of amides is 1. The van der Waals surface area contributed by atoms with Gasteiger partial charge in [-0.25, -0.2) is 4.98 Å². The van der Waals surface area contributed by atoms with Crippen LogP contribution in [0.25, 0.3) is 0 Å². The zero-order chi connectivity index (χ0) is 15.2. The van der Waals surface area contributed by atoms with Crippen molar-refractivity contribution in [3.8, 4) is 5.75 Å². The highest BCUT2D eigenvalue weighted by molar-refractivity contribution is 5.91. The van der Waals surface area contributed by atoms with Gasteiger partial charge in [0.25, 0.3) is 5.91 Å². The van der Waals surface area contributed by atoms with Crippen LogP contribution in [-0.2, 0) is 0 Å². The normalized spacial score (nSPS) is 11.8. The molecule has 0 aliphatic heterocycles. The summed E-state index contributed by atoms with van der Waals surface area (Å²) in [4.78, 5) is 20.0. The number of ether oxygens (including phenoxy) is 1. The molecule has 2 aromatic rings. The molecule has 0 fully saturated rings. The fourth-order valence-corrected chi connectivity index (χ4v) is 1.78. The first kappa shape index (κ1) is 15.0. The van der Waals surface area contributed by atoms with Crippen LogP contribution in [0.5, 0.6) is 5.75 Å². The topological polar surface area (TPSA) is 64.1 Å². The maximum atomic E-state index is 11.9. The molecule has 0 saturated heterocycles. The lowest BCUT2D eigenvalue weighted by Crippen LogP contribution is -2.34. The maximum Gasteiger partial charge on any atom is 0.271 e. The number of rotatable bonds is 5. The molecule has 1 amide bonds. The van der Waals surface area contributed by atoms with E-state index in [-0.39, 0.29) is 12.0 Å². The Bertz CT molecular complexity index is 611. The summed E-state index contributed by atoms with van der Waals surface area (Å²) in [7, 11) is 0. The first-order chi connectivity index (χ1) is 10.1. The van der Waals surface area contributed by atoms with E-state index < -0.39 is 0 Å². The van der Waals surface area contributed by atoms with Crippen LogP contribution in [0.15, 0.2) is 36.7 Å². The number of para-hydroxylation sites is 1. The molecule has 2 rings (SSSR count). The van der Waals surface area contributed by atoms with Crippen molar-refractivity contribution in [2.45, 2.75) is 26.9 Å². The number of nitrogens with one attached hydrogen (secondary N) is 1. The molecule has 5 nitrogen and oxygen atoms in total. The van der Waals surface area contributed by atoms with E-state index >= 15 is 0 Å². The standard InChI is InChI=1S/C16H19N3O2/c1-11-6-4-5-7-15(11)21-13(3)9-19-16(20)14-10-17-12(2)8-18-14/h4-8,10,13H,9H2,1-3H3,(H,19,20)/t13-/m1/s1. The van der Waals surface area contributed by atoms with E-state index in [2.05, 4.69) is 15.3 Å². The van der Waals surface area contributed by atoms with Gasteiger partial charge < -0.3 is 10.1 Å². The van der Waals surface area contributed by atoms with Crippen molar-refractivity contribution in [3.05, 3.63) is 53.6 Å². The summed E-state index contributed by atoms with van der Waals surface area (Å²) >= 11 is 0. The van der Waals surface area contributed by atoms with Gasteiger partial charge in [-0.1, -0.05) is 18.2 Å². The van der Waals surface area contributed by atoms with Crippen LogP contribution in [-0.4, -0.2) is 28.5 Å². The molecule has 1 heterocycles. The maximum absolute atomic E-state index is 11.9. The van der Waals surface area contributed by atoms with Gasteiger partial charge >= 0.3 is 0 Å². The number of benzene rings is 1. The highest BCUT2D eigenvalue weighted by atomic mass is 16.5. The van der Waals surface area contributed by atoms with Gasteiger partial charge in [-0.05, 0) is 32.4 Å². The van der Waals surface area contributed by atoms with Gasteiger partial charge in [0.05, 0.1) is 18.4 Å². The Morgan fingerprint density at radius 2 is 2.00 bits per heavy atom. The lowest BCUT2D eigenvalue weighted by Gasteiger charge is -2.16. The summed E-state index contributed by atoms with van der Waals surface area (Å²) in [6.45, 7) is 6.13. The number of carbonyl (C=O) groups is 1. The van der Waals surface area contributed by atoms with Gasteiger partial charge in [-0.2, -0.15) is 0 Å². The van der Waals surface area contributed by atoms with E-state index in [1.165, 1.54) is 6.20 Å². The van der Waals surface area contributed by atoms with Gasteiger partial charge in [0, 0.05) is 6.20 Å². The predicted molar refractivity (Wildman–Crippen MR) is 80.4 cm³/mol. The zero-order valence-corrected chi connectivity index (χ0v) is 12.5. The summed E-state index contributed by atoms with van der Waals surface area (Å²) in [5.74, 6) is 0.581. The van der Waals surface area contributed by atoms with Crippen molar-refractivity contribution >= 4 is 5.91 Å². The fourth-order valence-electron chi connectivity index (χ4n) is 1.78. The summed E-state index contributed by atoms with van der Waals surface area (Å²) < 4.78 is 5.80. The molecule has 0 aliphatic carbocycles. The van der Waals surface area contributed by atoms with Crippen LogP contribution in [0.3, 0.4) is 0 Å². The van der Waals surface area contributed by atoms with Gasteiger partial charge in [0.1, 0.15) is 17.5 Å². The van der Waals surface area contributed by atoms with Crippen molar-refractivity contribution in [3.63, 3.8) is 0 Å². The molecule has 1 aromatic heterocycles. The number of carbonyl (C=O) groups excluding carboxylic acids is 1. The third-order valence-corrected chi connectivity index (χ3v) is 2.99. The molecule has 5 heteroatoms. The Kier molecular flexibility index (Phi) is 4.87. The van der Waals surface area contributed by atoms with Crippen LogP contribution in [0, 0.1) is 13.8 Å². The van der Waals surface area contributed by atoms with E-state index in [1.54, 1.807) is 6.20 Å². The Labute approximate surface area is 124 Å². The van der Waals surface area contributed by atoms with E-state index in [0.717, 1.165) is 17.0 Å². The monoisotopic (exact) mass is 285 g/mol. The minimum absolute atomic E-state index is 0.131. The number of nitrogens with zero attached hydrogens (tertiary/aromatic N) is 2. The van der Waals surface area contributed by atoms with E-state index in [4.69, 9.17) is 4.74 Å². The lowest BCUT2D eigenvalue weighted by atomic mass is 10.2. The smallest absolute Gasteiger partial charge is 0.271 e. The Hall–Kier alpha value is -2.43. The van der Waals surface area contributed by atoms with Gasteiger partial charge in [0.15, 0.2) is 0 Å². The van der Waals surface area contributed by atoms with Crippen molar-refractivity contribution in [1.82, 2.24) is 15.3 Å². The van der Waals surface area contributed by atoms with E-state index in [0.29, 0.717) is 12.2 Å². The number of aromatic nitrogens is 2. The fraction of sp³-hybridized carbons (Fsp3) is 0.312. The number of hydrogen-bond donors (Lipinski definition) is 1. The average Bonchev–Trinajstić information content (AvgIpc) is 2.48. The summed E-state index contributed by atoms with van der Waals surface area (Å²) in [6.07, 6.45) is 2.91.